The minimum atomic E-state index is -0.0756. The predicted octanol–water partition coefficient (Wildman–Crippen LogP) is 2.33. The molecule has 1 saturated carbocycles. The number of aliphatic imine (C=N–C) groups is 1. The Morgan fingerprint density at radius 2 is 1.83 bits per heavy atom. The Labute approximate surface area is 176 Å². The van der Waals surface area contributed by atoms with E-state index in [1.165, 1.54) is 0 Å². The Balaban J connectivity index is 1.43. The van der Waals surface area contributed by atoms with E-state index < -0.39 is 0 Å². The van der Waals surface area contributed by atoms with Crippen molar-refractivity contribution in [3.8, 4) is 17.2 Å². The number of rotatable bonds is 10. The second kappa shape index (κ2) is 10.4. The van der Waals surface area contributed by atoms with Gasteiger partial charge in [-0.15, -0.1) is 0 Å². The Bertz CT molecular complexity index is 879. The molecular formula is C22H28N4O4. The summed E-state index contributed by atoms with van der Waals surface area (Å²) in [5.41, 5.74) is 7.84. The minimum Gasteiger partial charge on any atom is -0.493 e. The summed E-state index contributed by atoms with van der Waals surface area (Å²) in [5, 5.41) is 5.94. The quantitative estimate of drug-likeness (QED) is 0.408. The van der Waals surface area contributed by atoms with Gasteiger partial charge in [0.05, 0.1) is 14.2 Å². The molecule has 0 bridgehead atoms. The first-order chi connectivity index (χ1) is 14.6. The lowest BCUT2D eigenvalue weighted by Crippen LogP contribution is -2.30. The molecule has 0 heterocycles. The third kappa shape index (κ3) is 6.58. The Hall–Kier alpha value is -3.42. The maximum absolute atomic E-state index is 11.7. The van der Waals surface area contributed by atoms with Crippen LogP contribution >= 0.6 is 0 Å². The molecular weight excluding hydrogens is 384 g/mol. The SMILES string of the molecule is COc1ccc(NC(N)=NCCc2ccc(OCC(=O)NC3CC3)cc2)cc1OC. The van der Waals surface area contributed by atoms with Crippen LogP contribution in [-0.2, 0) is 11.2 Å². The first-order valence-electron chi connectivity index (χ1n) is 9.87. The van der Waals surface area contributed by atoms with E-state index in [4.69, 9.17) is 19.9 Å². The summed E-state index contributed by atoms with van der Waals surface area (Å²) in [4.78, 5) is 16.0. The highest BCUT2D eigenvalue weighted by atomic mass is 16.5. The van der Waals surface area contributed by atoms with Crippen LogP contribution in [0.2, 0.25) is 0 Å². The van der Waals surface area contributed by atoms with Crippen molar-refractivity contribution < 1.29 is 19.0 Å². The maximum Gasteiger partial charge on any atom is 0.258 e. The van der Waals surface area contributed by atoms with Crippen molar-refractivity contribution in [1.82, 2.24) is 5.32 Å². The summed E-state index contributed by atoms with van der Waals surface area (Å²) >= 11 is 0. The van der Waals surface area contributed by atoms with Gasteiger partial charge in [0.2, 0.25) is 0 Å². The number of ether oxygens (including phenoxy) is 3. The molecule has 0 aliphatic heterocycles. The summed E-state index contributed by atoms with van der Waals surface area (Å²) in [7, 11) is 3.17. The van der Waals surface area contributed by atoms with Crippen molar-refractivity contribution in [1.29, 1.82) is 0 Å². The number of amides is 1. The van der Waals surface area contributed by atoms with Crippen LogP contribution in [0.15, 0.2) is 47.5 Å². The average molecular weight is 412 g/mol. The number of nitrogens with zero attached hydrogens (tertiary/aromatic N) is 1. The molecule has 4 N–H and O–H groups in total. The van der Waals surface area contributed by atoms with Crippen LogP contribution in [-0.4, -0.2) is 45.3 Å². The number of carbonyl (C=O) groups excluding carboxylic acids is 1. The molecule has 1 aliphatic carbocycles. The van der Waals surface area contributed by atoms with Gasteiger partial charge in [0, 0.05) is 24.3 Å². The highest BCUT2D eigenvalue weighted by Crippen LogP contribution is 2.29. The molecule has 0 spiro atoms. The molecule has 0 radical (unpaired) electrons. The maximum atomic E-state index is 11.7. The monoisotopic (exact) mass is 412 g/mol. The zero-order chi connectivity index (χ0) is 21.3. The van der Waals surface area contributed by atoms with Gasteiger partial charge in [0.15, 0.2) is 24.1 Å². The lowest BCUT2D eigenvalue weighted by Gasteiger charge is -2.11. The number of hydrogen-bond acceptors (Lipinski definition) is 5. The van der Waals surface area contributed by atoms with E-state index in [2.05, 4.69) is 15.6 Å². The predicted molar refractivity (Wildman–Crippen MR) is 116 cm³/mol. The summed E-state index contributed by atoms with van der Waals surface area (Å²) < 4.78 is 16.0. The molecule has 0 saturated heterocycles. The molecule has 8 heteroatoms. The number of guanidine groups is 1. The summed E-state index contributed by atoms with van der Waals surface area (Å²) in [5.74, 6) is 2.18. The lowest BCUT2D eigenvalue weighted by atomic mass is 10.1. The number of nitrogens with two attached hydrogens (primary N) is 1. The standard InChI is InChI=1S/C22H28N4O4/c1-28-19-10-7-17(13-20(19)29-2)26-22(23)24-12-11-15-3-8-18(9-4-15)30-14-21(27)25-16-5-6-16/h3-4,7-10,13,16H,5-6,11-12,14H2,1-2H3,(H,25,27)(H3,23,24,26). The van der Waals surface area contributed by atoms with Crippen LogP contribution in [0.3, 0.4) is 0 Å². The molecule has 160 valence electrons. The average Bonchev–Trinajstić information content (AvgIpc) is 3.57. The van der Waals surface area contributed by atoms with E-state index in [0.29, 0.717) is 35.8 Å². The largest absolute Gasteiger partial charge is 0.493 e. The van der Waals surface area contributed by atoms with E-state index in [0.717, 1.165) is 30.5 Å². The number of methoxy groups -OCH3 is 2. The molecule has 3 rings (SSSR count). The van der Waals surface area contributed by atoms with E-state index in [9.17, 15) is 4.79 Å². The van der Waals surface area contributed by atoms with Crippen molar-refractivity contribution in [2.24, 2.45) is 10.7 Å². The second-order valence-electron chi connectivity index (χ2n) is 6.99. The van der Waals surface area contributed by atoms with E-state index >= 15 is 0 Å². The molecule has 2 aromatic carbocycles. The van der Waals surface area contributed by atoms with Crippen LogP contribution in [0, 0.1) is 0 Å². The minimum absolute atomic E-state index is 0.0402. The number of benzene rings is 2. The third-order valence-electron chi connectivity index (χ3n) is 4.57. The number of nitrogens with one attached hydrogen (secondary N) is 2. The van der Waals surface area contributed by atoms with Crippen molar-refractivity contribution in [2.45, 2.75) is 25.3 Å². The molecule has 0 aromatic heterocycles. The van der Waals surface area contributed by atoms with Crippen molar-refractivity contribution in [3.05, 3.63) is 48.0 Å². The Morgan fingerprint density at radius 3 is 2.50 bits per heavy atom. The fourth-order valence-corrected chi connectivity index (χ4v) is 2.81. The smallest absolute Gasteiger partial charge is 0.258 e. The first-order valence-corrected chi connectivity index (χ1v) is 9.87. The van der Waals surface area contributed by atoms with Gasteiger partial charge < -0.3 is 30.6 Å². The highest BCUT2D eigenvalue weighted by molar-refractivity contribution is 5.92. The molecule has 1 aliphatic rings. The molecule has 1 fully saturated rings. The van der Waals surface area contributed by atoms with Gasteiger partial charge in [-0.1, -0.05) is 12.1 Å². The zero-order valence-corrected chi connectivity index (χ0v) is 17.3. The molecule has 2 aromatic rings. The molecule has 0 unspecified atom stereocenters. The van der Waals surface area contributed by atoms with Crippen LogP contribution < -0.4 is 30.6 Å². The van der Waals surface area contributed by atoms with Crippen molar-refractivity contribution in [3.63, 3.8) is 0 Å². The van der Waals surface area contributed by atoms with Gasteiger partial charge in [-0.05, 0) is 49.1 Å². The summed E-state index contributed by atoms with van der Waals surface area (Å²) in [6, 6.07) is 13.4. The summed E-state index contributed by atoms with van der Waals surface area (Å²) in [6.45, 7) is 0.578. The van der Waals surface area contributed by atoms with Crippen LogP contribution in [0.4, 0.5) is 5.69 Å². The van der Waals surface area contributed by atoms with Crippen LogP contribution in [0.1, 0.15) is 18.4 Å². The fourth-order valence-electron chi connectivity index (χ4n) is 2.81. The van der Waals surface area contributed by atoms with Gasteiger partial charge in [-0.25, -0.2) is 0 Å². The van der Waals surface area contributed by atoms with Gasteiger partial charge in [0.1, 0.15) is 5.75 Å². The number of hydrogen-bond donors (Lipinski definition) is 3. The molecule has 30 heavy (non-hydrogen) atoms. The van der Waals surface area contributed by atoms with Crippen LogP contribution in [0.5, 0.6) is 17.2 Å². The molecule has 0 atom stereocenters. The topological polar surface area (TPSA) is 107 Å². The third-order valence-corrected chi connectivity index (χ3v) is 4.57. The summed E-state index contributed by atoms with van der Waals surface area (Å²) in [6.07, 6.45) is 2.87. The molecule has 8 nitrogen and oxygen atoms in total. The Kier molecular flexibility index (Phi) is 7.37. The zero-order valence-electron chi connectivity index (χ0n) is 17.3. The van der Waals surface area contributed by atoms with Crippen molar-refractivity contribution >= 4 is 17.6 Å². The Morgan fingerprint density at radius 1 is 1.10 bits per heavy atom. The van der Waals surface area contributed by atoms with E-state index in [-0.39, 0.29) is 12.5 Å². The van der Waals surface area contributed by atoms with Gasteiger partial charge in [-0.3, -0.25) is 9.79 Å². The number of anilines is 1. The number of carbonyl (C=O) groups is 1. The van der Waals surface area contributed by atoms with E-state index in [1.54, 1.807) is 26.4 Å². The van der Waals surface area contributed by atoms with Gasteiger partial charge in [0.25, 0.3) is 5.91 Å². The van der Waals surface area contributed by atoms with Gasteiger partial charge in [-0.2, -0.15) is 0 Å². The lowest BCUT2D eigenvalue weighted by molar-refractivity contribution is -0.123. The van der Waals surface area contributed by atoms with Crippen LogP contribution in [0.25, 0.3) is 0 Å². The highest BCUT2D eigenvalue weighted by Gasteiger charge is 2.23. The van der Waals surface area contributed by atoms with Crippen molar-refractivity contribution in [2.75, 3.05) is 32.7 Å². The fraction of sp³-hybridized carbons (Fsp3) is 0.364. The second-order valence-corrected chi connectivity index (χ2v) is 6.99. The van der Waals surface area contributed by atoms with E-state index in [1.807, 2.05) is 30.3 Å². The first kappa shape index (κ1) is 21.3. The normalized spacial score (nSPS) is 13.5. The van der Waals surface area contributed by atoms with Gasteiger partial charge >= 0.3 is 0 Å². The molecule has 1 amide bonds.